The third kappa shape index (κ3) is 4.55. The number of nitrogens with zero attached hydrogens (tertiary/aromatic N) is 1. The molecule has 1 aliphatic heterocycles. The molecule has 0 spiro atoms. The lowest BCUT2D eigenvalue weighted by Crippen LogP contribution is -2.48. The molecule has 2 amide bonds. The van der Waals surface area contributed by atoms with Gasteiger partial charge in [0.15, 0.2) is 0 Å². The summed E-state index contributed by atoms with van der Waals surface area (Å²) in [6, 6.07) is 14.4. The van der Waals surface area contributed by atoms with Crippen LogP contribution in [0.3, 0.4) is 0 Å². The van der Waals surface area contributed by atoms with Gasteiger partial charge in [0.25, 0.3) is 0 Å². The highest BCUT2D eigenvalue weighted by Crippen LogP contribution is 2.28. The van der Waals surface area contributed by atoms with Crippen LogP contribution in [0.25, 0.3) is 0 Å². The summed E-state index contributed by atoms with van der Waals surface area (Å²) < 4.78 is 18.2. The summed E-state index contributed by atoms with van der Waals surface area (Å²) in [5.74, 6) is -0.944. The fourth-order valence-electron chi connectivity index (χ4n) is 3.22. The maximum atomic E-state index is 13.3. The summed E-state index contributed by atoms with van der Waals surface area (Å²) in [5, 5.41) is 5.44. The maximum Gasteiger partial charge on any atom is 0.338 e. The van der Waals surface area contributed by atoms with Crippen molar-refractivity contribution in [2.75, 3.05) is 20.7 Å². The van der Waals surface area contributed by atoms with Gasteiger partial charge in [-0.25, -0.2) is 14.0 Å². The van der Waals surface area contributed by atoms with Gasteiger partial charge in [0.05, 0.1) is 18.7 Å². The number of ether oxygens (including phenoxy) is 1. The number of carbonyl (C=O) groups excluding carboxylic acids is 2. The fraction of sp³-hybridized carbons (Fsp3) is 0.238. The second-order valence-electron chi connectivity index (χ2n) is 6.62. The number of halogens is 1. The van der Waals surface area contributed by atoms with Crippen LogP contribution < -0.4 is 10.6 Å². The van der Waals surface area contributed by atoms with Crippen LogP contribution in [0, 0.1) is 5.82 Å². The van der Waals surface area contributed by atoms with Gasteiger partial charge in [-0.3, -0.25) is 4.90 Å². The lowest BCUT2D eigenvalue weighted by Gasteiger charge is -2.31. The molecule has 6 nitrogen and oxygen atoms in total. The van der Waals surface area contributed by atoms with Crippen molar-refractivity contribution >= 4 is 12.0 Å². The quantitative estimate of drug-likeness (QED) is 0.753. The summed E-state index contributed by atoms with van der Waals surface area (Å²) >= 11 is 0. The van der Waals surface area contributed by atoms with E-state index in [4.69, 9.17) is 4.74 Å². The zero-order chi connectivity index (χ0) is 20.1. The molecule has 0 bridgehead atoms. The Hall–Kier alpha value is -3.19. The lowest BCUT2D eigenvalue weighted by molar-refractivity contribution is -0.136. The second-order valence-corrected chi connectivity index (χ2v) is 6.62. The van der Waals surface area contributed by atoms with Crippen molar-refractivity contribution in [3.63, 3.8) is 0 Å². The zero-order valence-electron chi connectivity index (χ0n) is 15.7. The Balaban J connectivity index is 1.92. The Labute approximate surface area is 163 Å². The predicted octanol–water partition coefficient (Wildman–Crippen LogP) is 2.74. The number of nitrogens with one attached hydrogen (secondary N) is 2. The minimum Gasteiger partial charge on any atom is -0.466 e. The van der Waals surface area contributed by atoms with Gasteiger partial charge < -0.3 is 15.4 Å². The Morgan fingerprint density at radius 3 is 2.43 bits per heavy atom. The third-order valence-electron chi connectivity index (χ3n) is 4.49. The molecule has 0 saturated heterocycles. The fourth-order valence-corrected chi connectivity index (χ4v) is 3.22. The second kappa shape index (κ2) is 8.67. The highest BCUT2D eigenvalue weighted by Gasteiger charge is 2.33. The highest BCUT2D eigenvalue weighted by molar-refractivity contribution is 5.95. The minimum absolute atomic E-state index is 0.300. The molecule has 0 aromatic heterocycles. The molecular formula is C21H22FN3O3. The average molecular weight is 383 g/mol. The van der Waals surface area contributed by atoms with Crippen molar-refractivity contribution in [1.82, 2.24) is 15.5 Å². The number of methoxy groups -OCH3 is 1. The van der Waals surface area contributed by atoms with E-state index in [0.717, 1.165) is 5.56 Å². The van der Waals surface area contributed by atoms with Crippen molar-refractivity contribution in [2.24, 2.45) is 0 Å². The molecule has 2 aromatic rings. The average Bonchev–Trinajstić information content (AvgIpc) is 2.68. The van der Waals surface area contributed by atoms with Crippen LogP contribution in [0.5, 0.6) is 0 Å². The van der Waals surface area contributed by atoms with E-state index in [1.54, 1.807) is 12.1 Å². The van der Waals surface area contributed by atoms with Gasteiger partial charge in [-0.15, -0.1) is 0 Å². The molecule has 0 saturated carbocycles. The molecule has 0 aliphatic carbocycles. The van der Waals surface area contributed by atoms with E-state index in [-0.39, 0.29) is 0 Å². The smallest absolute Gasteiger partial charge is 0.338 e. The van der Waals surface area contributed by atoms with Crippen LogP contribution in [-0.2, 0) is 16.1 Å². The van der Waals surface area contributed by atoms with E-state index in [9.17, 15) is 14.0 Å². The highest BCUT2D eigenvalue weighted by atomic mass is 19.1. The Morgan fingerprint density at radius 2 is 1.79 bits per heavy atom. The Bertz CT molecular complexity index is 882. The van der Waals surface area contributed by atoms with E-state index in [0.29, 0.717) is 29.9 Å². The SMILES string of the molecule is COC(=O)C1=C(CN(C)Cc2ccccc2)NC(=O)N[C@@H]1c1ccc(F)cc1. The van der Waals surface area contributed by atoms with Gasteiger partial charge >= 0.3 is 12.0 Å². The predicted molar refractivity (Wildman–Crippen MR) is 103 cm³/mol. The van der Waals surface area contributed by atoms with Gasteiger partial charge in [-0.05, 0) is 30.3 Å². The van der Waals surface area contributed by atoms with Gasteiger partial charge in [-0.1, -0.05) is 42.5 Å². The van der Waals surface area contributed by atoms with Gasteiger partial charge in [0.2, 0.25) is 0 Å². The van der Waals surface area contributed by atoms with E-state index >= 15 is 0 Å². The molecule has 3 rings (SSSR count). The maximum absolute atomic E-state index is 13.3. The molecule has 0 radical (unpaired) electrons. The van der Waals surface area contributed by atoms with Crippen LogP contribution >= 0.6 is 0 Å². The first-order valence-electron chi connectivity index (χ1n) is 8.84. The Morgan fingerprint density at radius 1 is 1.11 bits per heavy atom. The monoisotopic (exact) mass is 383 g/mol. The molecule has 146 valence electrons. The number of hydrogen-bond acceptors (Lipinski definition) is 4. The third-order valence-corrected chi connectivity index (χ3v) is 4.49. The van der Waals surface area contributed by atoms with Crippen molar-refractivity contribution in [3.8, 4) is 0 Å². The molecule has 0 fully saturated rings. The largest absolute Gasteiger partial charge is 0.466 e. The first-order chi connectivity index (χ1) is 13.5. The molecule has 2 aromatic carbocycles. The van der Waals surface area contributed by atoms with E-state index in [2.05, 4.69) is 10.6 Å². The molecule has 1 aliphatic rings. The van der Waals surface area contributed by atoms with Crippen LogP contribution in [0.1, 0.15) is 17.2 Å². The first kappa shape index (κ1) is 19.6. The number of amides is 2. The van der Waals surface area contributed by atoms with Crippen molar-refractivity contribution in [2.45, 2.75) is 12.6 Å². The lowest BCUT2D eigenvalue weighted by atomic mass is 9.95. The van der Waals surface area contributed by atoms with Gasteiger partial charge in [0.1, 0.15) is 5.82 Å². The number of rotatable bonds is 6. The number of esters is 1. The Kier molecular flexibility index (Phi) is 6.06. The van der Waals surface area contributed by atoms with E-state index in [1.807, 2.05) is 42.3 Å². The molecular weight excluding hydrogens is 361 g/mol. The number of carbonyl (C=O) groups is 2. The van der Waals surface area contributed by atoms with Crippen LogP contribution in [0.2, 0.25) is 0 Å². The number of urea groups is 1. The molecule has 0 unspecified atom stereocenters. The van der Waals surface area contributed by atoms with Crippen LogP contribution in [0.15, 0.2) is 65.9 Å². The molecule has 1 atom stereocenters. The van der Waals surface area contributed by atoms with Crippen molar-refractivity contribution < 1.29 is 18.7 Å². The molecule has 7 heteroatoms. The number of benzene rings is 2. The topological polar surface area (TPSA) is 70.7 Å². The summed E-state index contributed by atoms with van der Waals surface area (Å²) in [7, 11) is 3.19. The summed E-state index contributed by atoms with van der Waals surface area (Å²) in [6.45, 7) is 0.980. The minimum atomic E-state index is -0.720. The van der Waals surface area contributed by atoms with Crippen molar-refractivity contribution in [3.05, 3.63) is 82.8 Å². The zero-order valence-corrected chi connectivity index (χ0v) is 15.7. The normalized spacial score (nSPS) is 16.6. The number of likely N-dealkylation sites (N-methyl/N-ethyl adjacent to an activating group) is 1. The molecule has 2 N–H and O–H groups in total. The standard InChI is InChI=1S/C21H22FN3O3/c1-25(12-14-6-4-3-5-7-14)13-17-18(20(26)28-2)19(24-21(27)23-17)15-8-10-16(22)11-9-15/h3-11,19H,12-13H2,1-2H3,(H2,23,24,27)/t19-/m1/s1. The van der Waals surface area contributed by atoms with Crippen LogP contribution in [-0.4, -0.2) is 37.6 Å². The van der Waals surface area contributed by atoms with E-state index in [1.165, 1.54) is 19.2 Å². The summed E-state index contributed by atoms with van der Waals surface area (Å²) in [5.41, 5.74) is 2.47. The van der Waals surface area contributed by atoms with Gasteiger partial charge in [-0.2, -0.15) is 0 Å². The summed E-state index contributed by atoms with van der Waals surface area (Å²) in [6.07, 6.45) is 0. The first-order valence-corrected chi connectivity index (χ1v) is 8.84. The molecule has 1 heterocycles. The number of hydrogen-bond donors (Lipinski definition) is 2. The summed E-state index contributed by atoms with van der Waals surface area (Å²) in [4.78, 5) is 26.7. The molecule has 28 heavy (non-hydrogen) atoms. The van der Waals surface area contributed by atoms with Gasteiger partial charge in [0, 0.05) is 18.8 Å². The van der Waals surface area contributed by atoms with E-state index < -0.39 is 23.9 Å². The van der Waals surface area contributed by atoms with Crippen LogP contribution in [0.4, 0.5) is 9.18 Å². The van der Waals surface area contributed by atoms with Crippen molar-refractivity contribution in [1.29, 1.82) is 0 Å².